The number of esters is 3. The highest BCUT2D eigenvalue weighted by molar-refractivity contribution is 5.71. The zero-order valence-electron chi connectivity index (χ0n) is 38.1. The molecule has 0 spiro atoms. The summed E-state index contributed by atoms with van der Waals surface area (Å²) < 4.78 is 16.7. The molecule has 0 aromatic carbocycles. The summed E-state index contributed by atoms with van der Waals surface area (Å²) in [6, 6.07) is 0. The van der Waals surface area contributed by atoms with Crippen molar-refractivity contribution < 1.29 is 28.6 Å². The van der Waals surface area contributed by atoms with Gasteiger partial charge in [0.15, 0.2) is 6.10 Å². The molecule has 6 nitrogen and oxygen atoms in total. The lowest BCUT2D eigenvalue weighted by molar-refractivity contribution is -0.167. The van der Waals surface area contributed by atoms with Crippen LogP contribution in [0.25, 0.3) is 0 Å². The lowest BCUT2D eigenvalue weighted by Gasteiger charge is -2.18. The maximum absolute atomic E-state index is 12.6. The summed E-state index contributed by atoms with van der Waals surface area (Å²) in [4.78, 5) is 37.7. The summed E-state index contributed by atoms with van der Waals surface area (Å²) in [7, 11) is 0. The molecule has 0 aromatic rings. The van der Waals surface area contributed by atoms with Gasteiger partial charge < -0.3 is 14.2 Å². The van der Waals surface area contributed by atoms with Gasteiger partial charge in [-0.25, -0.2) is 0 Å². The van der Waals surface area contributed by atoms with Crippen molar-refractivity contribution in [1.29, 1.82) is 0 Å². The quantitative estimate of drug-likeness (QED) is 0.0347. The van der Waals surface area contributed by atoms with Gasteiger partial charge in [0.2, 0.25) is 0 Å². The summed E-state index contributed by atoms with van der Waals surface area (Å²) in [5.41, 5.74) is 0. The lowest BCUT2D eigenvalue weighted by atomic mass is 10.0. The van der Waals surface area contributed by atoms with Gasteiger partial charge in [-0.2, -0.15) is 0 Å². The van der Waals surface area contributed by atoms with Gasteiger partial charge >= 0.3 is 17.9 Å². The van der Waals surface area contributed by atoms with E-state index in [1.54, 1.807) is 0 Å². The van der Waals surface area contributed by atoms with Crippen molar-refractivity contribution in [3.05, 3.63) is 0 Å². The van der Waals surface area contributed by atoms with Crippen molar-refractivity contribution in [3.63, 3.8) is 0 Å². The Kier molecular flexibility index (Phi) is 43.2. The Hall–Kier alpha value is -1.59. The molecule has 0 unspecified atom stereocenters. The number of hydrogen-bond acceptors (Lipinski definition) is 6. The van der Waals surface area contributed by atoms with E-state index in [1.807, 2.05) is 0 Å². The third-order valence-electron chi connectivity index (χ3n) is 11.3. The van der Waals surface area contributed by atoms with Crippen molar-refractivity contribution >= 4 is 17.9 Å². The maximum atomic E-state index is 12.6. The van der Waals surface area contributed by atoms with Gasteiger partial charge in [-0.1, -0.05) is 240 Å². The smallest absolute Gasteiger partial charge is 0.306 e. The number of carbonyl (C=O) groups is 3. The molecule has 0 aliphatic rings. The molecule has 0 amide bonds. The molecule has 1 atom stereocenters. The zero-order valence-corrected chi connectivity index (χ0v) is 38.1. The number of ether oxygens (including phenoxy) is 3. The van der Waals surface area contributed by atoms with Crippen LogP contribution in [0.4, 0.5) is 0 Å². The number of carbonyl (C=O) groups excluding carboxylic acids is 3. The number of unbranched alkanes of at least 4 members (excludes halogenated alkanes) is 32. The first-order valence-electron chi connectivity index (χ1n) is 24.9. The van der Waals surface area contributed by atoms with E-state index in [1.165, 1.54) is 173 Å². The van der Waals surface area contributed by atoms with Crippen molar-refractivity contribution in [2.75, 3.05) is 13.2 Å². The van der Waals surface area contributed by atoms with E-state index in [-0.39, 0.29) is 31.1 Å². The molecular formula is C50H96O6. The Balaban J connectivity index is 4.14. The lowest BCUT2D eigenvalue weighted by Crippen LogP contribution is -2.30. The van der Waals surface area contributed by atoms with E-state index in [0.717, 1.165) is 63.7 Å². The van der Waals surface area contributed by atoms with Crippen LogP contribution in [-0.4, -0.2) is 37.2 Å². The average molecular weight is 793 g/mol. The Morgan fingerprint density at radius 2 is 0.589 bits per heavy atom. The fraction of sp³-hybridized carbons (Fsp3) is 0.940. The molecule has 0 aliphatic heterocycles. The summed E-state index contributed by atoms with van der Waals surface area (Å²) in [6.07, 6.45) is 45.4. The van der Waals surface area contributed by atoms with Gasteiger partial charge in [-0.05, 0) is 25.2 Å². The SMILES string of the molecule is CCCCCCCCCCCCCCCCCCCCCC(=O)OC[C@@H](COC(=O)CCCCCCCCCCCC(C)C)OC(=O)CCCCCCCCC. The Labute approximate surface area is 348 Å². The molecule has 56 heavy (non-hydrogen) atoms. The average Bonchev–Trinajstić information content (AvgIpc) is 3.18. The van der Waals surface area contributed by atoms with Gasteiger partial charge in [0.05, 0.1) is 0 Å². The fourth-order valence-corrected chi connectivity index (χ4v) is 7.51. The van der Waals surface area contributed by atoms with Crippen LogP contribution in [0.5, 0.6) is 0 Å². The van der Waals surface area contributed by atoms with Crippen molar-refractivity contribution in [3.8, 4) is 0 Å². The van der Waals surface area contributed by atoms with Crippen LogP contribution in [0.1, 0.15) is 278 Å². The predicted octanol–water partition coefficient (Wildman–Crippen LogP) is 15.9. The van der Waals surface area contributed by atoms with E-state index in [2.05, 4.69) is 27.7 Å². The van der Waals surface area contributed by atoms with Crippen LogP contribution in [0, 0.1) is 5.92 Å². The molecule has 0 N–H and O–H groups in total. The molecule has 0 saturated heterocycles. The van der Waals surface area contributed by atoms with Crippen LogP contribution in [0.2, 0.25) is 0 Å². The molecule has 6 heteroatoms. The van der Waals surface area contributed by atoms with E-state index in [4.69, 9.17) is 14.2 Å². The Morgan fingerprint density at radius 3 is 0.875 bits per heavy atom. The Morgan fingerprint density at radius 1 is 0.339 bits per heavy atom. The normalized spacial score (nSPS) is 11.9. The van der Waals surface area contributed by atoms with E-state index in [9.17, 15) is 14.4 Å². The molecule has 332 valence electrons. The molecular weight excluding hydrogens is 697 g/mol. The van der Waals surface area contributed by atoms with Crippen molar-refractivity contribution in [2.24, 2.45) is 5.92 Å². The molecule has 0 saturated carbocycles. The third kappa shape index (κ3) is 43.5. The third-order valence-corrected chi connectivity index (χ3v) is 11.3. The second kappa shape index (κ2) is 44.5. The fourth-order valence-electron chi connectivity index (χ4n) is 7.51. The molecule has 0 aliphatic carbocycles. The van der Waals surface area contributed by atoms with E-state index < -0.39 is 6.10 Å². The minimum absolute atomic E-state index is 0.0640. The van der Waals surface area contributed by atoms with Crippen molar-refractivity contribution in [1.82, 2.24) is 0 Å². The first-order chi connectivity index (χ1) is 27.4. The van der Waals surface area contributed by atoms with E-state index in [0.29, 0.717) is 19.3 Å². The topological polar surface area (TPSA) is 78.9 Å². The molecule has 0 fully saturated rings. The minimum Gasteiger partial charge on any atom is -0.462 e. The maximum Gasteiger partial charge on any atom is 0.306 e. The van der Waals surface area contributed by atoms with Crippen LogP contribution < -0.4 is 0 Å². The highest BCUT2D eigenvalue weighted by Crippen LogP contribution is 2.17. The molecule has 0 bridgehead atoms. The number of hydrogen-bond donors (Lipinski definition) is 0. The van der Waals surface area contributed by atoms with Crippen LogP contribution >= 0.6 is 0 Å². The second-order valence-corrected chi connectivity index (χ2v) is 17.6. The minimum atomic E-state index is -0.759. The van der Waals surface area contributed by atoms with Gasteiger partial charge in [-0.15, -0.1) is 0 Å². The monoisotopic (exact) mass is 793 g/mol. The Bertz CT molecular complexity index is 841. The number of rotatable bonds is 45. The summed E-state index contributed by atoms with van der Waals surface area (Å²) >= 11 is 0. The van der Waals surface area contributed by atoms with Crippen LogP contribution in [-0.2, 0) is 28.6 Å². The van der Waals surface area contributed by atoms with Crippen molar-refractivity contribution in [2.45, 2.75) is 284 Å². The highest BCUT2D eigenvalue weighted by Gasteiger charge is 2.19. The summed E-state index contributed by atoms with van der Waals surface area (Å²) in [5.74, 6) is -0.0482. The summed E-state index contributed by atoms with van der Waals surface area (Å²) in [5, 5.41) is 0. The molecule has 0 rings (SSSR count). The van der Waals surface area contributed by atoms with Crippen LogP contribution in [0.15, 0.2) is 0 Å². The van der Waals surface area contributed by atoms with Gasteiger partial charge in [-0.3, -0.25) is 14.4 Å². The summed E-state index contributed by atoms with van der Waals surface area (Å²) in [6.45, 7) is 8.96. The first-order valence-corrected chi connectivity index (χ1v) is 24.9. The second-order valence-electron chi connectivity index (χ2n) is 17.6. The molecule has 0 aromatic heterocycles. The standard InChI is InChI=1S/C50H96O6/c1-5-7-9-11-13-14-15-16-17-18-19-20-21-22-23-26-30-33-37-41-48(51)54-44-47(56-50(53)43-39-35-28-12-10-8-6-2)45-55-49(52)42-38-34-31-27-24-25-29-32-36-40-46(3)4/h46-47H,5-45H2,1-4H3/t47-/m0/s1. The van der Waals surface area contributed by atoms with Gasteiger partial charge in [0, 0.05) is 19.3 Å². The van der Waals surface area contributed by atoms with Crippen LogP contribution in [0.3, 0.4) is 0 Å². The zero-order chi connectivity index (χ0) is 41.0. The van der Waals surface area contributed by atoms with Gasteiger partial charge in [0.1, 0.15) is 13.2 Å². The largest absolute Gasteiger partial charge is 0.462 e. The first kappa shape index (κ1) is 54.4. The predicted molar refractivity (Wildman–Crippen MR) is 238 cm³/mol. The van der Waals surface area contributed by atoms with E-state index >= 15 is 0 Å². The molecule has 0 radical (unpaired) electrons. The molecule has 0 heterocycles. The highest BCUT2D eigenvalue weighted by atomic mass is 16.6. The van der Waals surface area contributed by atoms with Gasteiger partial charge in [0.25, 0.3) is 0 Å².